The predicted molar refractivity (Wildman–Crippen MR) is 127 cm³/mol. The van der Waals surface area contributed by atoms with Crippen LogP contribution in [0, 0.1) is 11.8 Å². The Morgan fingerprint density at radius 2 is 1.78 bits per heavy atom. The molecule has 10 heteroatoms. The second-order valence-corrected chi connectivity index (χ2v) is 12.0. The van der Waals surface area contributed by atoms with Crippen molar-refractivity contribution in [2.75, 3.05) is 31.5 Å². The number of piperidine rings is 2. The van der Waals surface area contributed by atoms with Crippen molar-refractivity contribution in [1.82, 2.24) is 14.2 Å². The fourth-order valence-electron chi connectivity index (χ4n) is 4.21. The summed E-state index contributed by atoms with van der Waals surface area (Å²) in [6, 6.07) is 6.17. The summed E-state index contributed by atoms with van der Waals surface area (Å²) in [7, 11) is -3.57. The van der Waals surface area contributed by atoms with Gasteiger partial charge >= 0.3 is 0 Å². The molecule has 1 amide bonds. The summed E-state index contributed by atoms with van der Waals surface area (Å²) in [4.78, 5) is 20.0. The Balaban J connectivity index is 1.28. The molecule has 174 valence electrons. The van der Waals surface area contributed by atoms with Gasteiger partial charge in [0.25, 0.3) is 0 Å². The van der Waals surface area contributed by atoms with Gasteiger partial charge in [0.15, 0.2) is 5.13 Å². The predicted octanol–water partition coefficient (Wildman–Crippen LogP) is 4.07. The van der Waals surface area contributed by atoms with Crippen LogP contribution in [0.2, 0.25) is 5.02 Å². The fourth-order valence-corrected chi connectivity index (χ4v) is 6.51. The number of anilines is 1. The van der Waals surface area contributed by atoms with Gasteiger partial charge in [-0.3, -0.25) is 9.69 Å². The molecular weight excluding hydrogens is 468 g/mol. The zero-order valence-electron chi connectivity index (χ0n) is 18.2. The Bertz CT molecular complexity index is 1030. The van der Waals surface area contributed by atoms with E-state index in [4.69, 9.17) is 11.6 Å². The number of sulfonamides is 1. The average molecular weight is 497 g/mol. The molecule has 0 aliphatic carbocycles. The van der Waals surface area contributed by atoms with E-state index in [1.807, 2.05) is 5.38 Å². The lowest BCUT2D eigenvalue weighted by molar-refractivity contribution is -0.120. The van der Waals surface area contributed by atoms with Crippen molar-refractivity contribution < 1.29 is 13.2 Å². The topological polar surface area (TPSA) is 82.6 Å². The van der Waals surface area contributed by atoms with E-state index in [1.165, 1.54) is 40.6 Å². The van der Waals surface area contributed by atoms with Gasteiger partial charge in [0.2, 0.25) is 15.9 Å². The van der Waals surface area contributed by atoms with Crippen LogP contribution in [0.25, 0.3) is 0 Å². The monoisotopic (exact) mass is 496 g/mol. The van der Waals surface area contributed by atoms with Crippen LogP contribution in [0.5, 0.6) is 0 Å². The van der Waals surface area contributed by atoms with E-state index >= 15 is 0 Å². The number of aromatic nitrogens is 1. The molecule has 7 nitrogen and oxygen atoms in total. The standard InChI is InChI=1S/C22H29ClN4O3S2/c1-16-6-10-26(11-7-16)14-19-15-31-22(24-19)25-21(28)17-8-12-27(13-9-17)32(29,30)20-4-2-18(23)3-5-20/h2-5,15-17H,6-14H2,1H3,(H,24,25,28). The zero-order valence-corrected chi connectivity index (χ0v) is 20.6. The van der Waals surface area contributed by atoms with Crippen molar-refractivity contribution in [2.24, 2.45) is 11.8 Å². The molecule has 2 aliphatic rings. The maximum atomic E-state index is 12.8. The van der Waals surface area contributed by atoms with E-state index in [9.17, 15) is 13.2 Å². The minimum Gasteiger partial charge on any atom is -0.302 e. The van der Waals surface area contributed by atoms with E-state index in [0.29, 0.717) is 36.1 Å². The number of carbonyl (C=O) groups excluding carboxylic acids is 1. The number of halogens is 1. The highest BCUT2D eigenvalue weighted by atomic mass is 35.5. The first-order chi connectivity index (χ1) is 15.3. The lowest BCUT2D eigenvalue weighted by Gasteiger charge is -2.30. The number of benzene rings is 1. The number of hydrogen-bond acceptors (Lipinski definition) is 6. The highest BCUT2D eigenvalue weighted by Gasteiger charge is 2.32. The van der Waals surface area contributed by atoms with Crippen molar-refractivity contribution in [3.63, 3.8) is 0 Å². The third kappa shape index (κ3) is 5.69. The molecule has 2 fully saturated rings. The van der Waals surface area contributed by atoms with E-state index in [0.717, 1.165) is 31.2 Å². The molecular formula is C22H29ClN4O3S2. The van der Waals surface area contributed by atoms with Gasteiger partial charge in [-0.15, -0.1) is 11.3 Å². The van der Waals surface area contributed by atoms with Crippen LogP contribution in [-0.4, -0.2) is 54.7 Å². The number of rotatable bonds is 6. The highest BCUT2D eigenvalue weighted by Crippen LogP contribution is 2.27. The maximum Gasteiger partial charge on any atom is 0.243 e. The molecule has 0 spiro atoms. The smallest absolute Gasteiger partial charge is 0.243 e. The molecule has 1 aromatic heterocycles. The van der Waals surface area contributed by atoms with Gasteiger partial charge in [-0.1, -0.05) is 18.5 Å². The summed E-state index contributed by atoms with van der Waals surface area (Å²) >= 11 is 7.31. The van der Waals surface area contributed by atoms with Gasteiger partial charge in [-0.2, -0.15) is 4.31 Å². The third-order valence-electron chi connectivity index (χ3n) is 6.32. The van der Waals surface area contributed by atoms with Crippen LogP contribution in [0.15, 0.2) is 34.5 Å². The molecule has 0 atom stereocenters. The molecule has 0 saturated carbocycles. The lowest BCUT2D eigenvalue weighted by atomic mass is 9.97. The average Bonchev–Trinajstić information content (AvgIpc) is 3.22. The number of likely N-dealkylation sites (tertiary alicyclic amines) is 1. The fraction of sp³-hybridized carbons (Fsp3) is 0.545. The van der Waals surface area contributed by atoms with Crippen LogP contribution < -0.4 is 5.32 Å². The van der Waals surface area contributed by atoms with Gasteiger partial charge in [0.05, 0.1) is 10.6 Å². The van der Waals surface area contributed by atoms with Crippen LogP contribution in [-0.2, 0) is 21.4 Å². The van der Waals surface area contributed by atoms with Crippen LogP contribution in [0.1, 0.15) is 38.3 Å². The SMILES string of the molecule is CC1CCN(Cc2csc(NC(=O)C3CCN(S(=O)(=O)c4ccc(Cl)cc4)CC3)n2)CC1. The summed E-state index contributed by atoms with van der Waals surface area (Å²) in [6.07, 6.45) is 3.42. The lowest BCUT2D eigenvalue weighted by Crippen LogP contribution is -2.41. The molecule has 2 aliphatic heterocycles. The Morgan fingerprint density at radius 1 is 1.12 bits per heavy atom. The molecule has 0 bridgehead atoms. The normalized spacial score (nSPS) is 19.8. The quantitative estimate of drug-likeness (QED) is 0.651. The van der Waals surface area contributed by atoms with Gasteiger partial charge in [-0.05, 0) is 69.0 Å². The number of thiazole rings is 1. The molecule has 1 N–H and O–H groups in total. The Labute approximate surface area is 198 Å². The van der Waals surface area contributed by atoms with E-state index in [2.05, 4.69) is 22.1 Å². The van der Waals surface area contributed by atoms with Crippen molar-refractivity contribution in [2.45, 2.75) is 44.0 Å². The molecule has 3 heterocycles. The summed E-state index contributed by atoms with van der Waals surface area (Å²) < 4.78 is 27.1. The molecule has 0 unspecified atom stereocenters. The summed E-state index contributed by atoms with van der Waals surface area (Å²) in [5.74, 6) is 0.493. The summed E-state index contributed by atoms with van der Waals surface area (Å²) in [5.41, 5.74) is 0.990. The number of hydrogen-bond donors (Lipinski definition) is 1. The van der Waals surface area contributed by atoms with Crippen LogP contribution >= 0.6 is 22.9 Å². The van der Waals surface area contributed by atoms with Crippen molar-refractivity contribution in [3.8, 4) is 0 Å². The van der Waals surface area contributed by atoms with Crippen molar-refractivity contribution in [1.29, 1.82) is 0 Å². The molecule has 2 saturated heterocycles. The minimum atomic E-state index is -3.57. The molecule has 2 aromatic rings. The van der Waals surface area contributed by atoms with Gasteiger partial charge < -0.3 is 5.32 Å². The molecule has 0 radical (unpaired) electrons. The summed E-state index contributed by atoms with van der Waals surface area (Å²) in [6.45, 7) is 5.94. The molecule has 4 rings (SSSR count). The number of nitrogens with one attached hydrogen (secondary N) is 1. The third-order valence-corrected chi connectivity index (χ3v) is 9.29. The molecule has 32 heavy (non-hydrogen) atoms. The second-order valence-electron chi connectivity index (χ2n) is 8.72. The van der Waals surface area contributed by atoms with E-state index in [-0.39, 0.29) is 16.7 Å². The van der Waals surface area contributed by atoms with Gasteiger partial charge in [0.1, 0.15) is 0 Å². The highest BCUT2D eigenvalue weighted by molar-refractivity contribution is 7.89. The van der Waals surface area contributed by atoms with Crippen LogP contribution in [0.3, 0.4) is 0 Å². The van der Waals surface area contributed by atoms with Gasteiger partial charge in [-0.25, -0.2) is 13.4 Å². The number of amides is 1. The van der Waals surface area contributed by atoms with E-state index < -0.39 is 10.0 Å². The first kappa shape index (κ1) is 23.6. The first-order valence-electron chi connectivity index (χ1n) is 11.0. The summed E-state index contributed by atoms with van der Waals surface area (Å²) in [5, 5.41) is 6.06. The zero-order chi connectivity index (χ0) is 22.7. The van der Waals surface area contributed by atoms with Gasteiger partial charge in [0, 0.05) is 36.0 Å². The Morgan fingerprint density at radius 3 is 2.44 bits per heavy atom. The van der Waals surface area contributed by atoms with Crippen molar-refractivity contribution in [3.05, 3.63) is 40.4 Å². The minimum absolute atomic E-state index is 0.0822. The number of carbonyl (C=O) groups is 1. The number of nitrogens with zero attached hydrogens (tertiary/aromatic N) is 3. The molecule has 1 aromatic carbocycles. The first-order valence-corrected chi connectivity index (χ1v) is 13.7. The largest absolute Gasteiger partial charge is 0.302 e. The maximum absolute atomic E-state index is 12.8. The second kappa shape index (κ2) is 10.2. The van der Waals surface area contributed by atoms with Crippen LogP contribution in [0.4, 0.5) is 5.13 Å². The Kier molecular flexibility index (Phi) is 7.51. The van der Waals surface area contributed by atoms with Crippen molar-refractivity contribution >= 4 is 44.0 Å². The van der Waals surface area contributed by atoms with E-state index in [1.54, 1.807) is 12.1 Å². The Hall–Kier alpha value is -1.52.